The molecule has 2 rings (SSSR count). The Hall–Kier alpha value is -1.60. The van der Waals surface area contributed by atoms with Crippen LogP contribution in [0.4, 0.5) is 5.69 Å². The van der Waals surface area contributed by atoms with Crippen LogP contribution in [0.15, 0.2) is 47.4 Å². The van der Waals surface area contributed by atoms with Crippen LogP contribution >= 0.6 is 23.2 Å². The number of nitrogens with zero attached hydrogens (tertiary/aromatic N) is 1. The number of amides is 1. The highest BCUT2D eigenvalue weighted by Gasteiger charge is 2.23. The molecule has 8 heteroatoms. The zero-order valence-corrected chi connectivity index (χ0v) is 17.5. The summed E-state index contributed by atoms with van der Waals surface area (Å²) in [4.78, 5) is 12.6. The van der Waals surface area contributed by atoms with Gasteiger partial charge in [-0.1, -0.05) is 37.0 Å². The molecule has 0 unspecified atom stereocenters. The molecule has 0 fully saturated rings. The number of carbonyl (C=O) groups excluding carboxylic acids is 1. The Morgan fingerprint density at radius 3 is 1.96 bits per heavy atom. The molecule has 0 atom stereocenters. The van der Waals surface area contributed by atoms with Crippen LogP contribution in [0.3, 0.4) is 0 Å². The second-order valence-electron chi connectivity index (χ2n) is 6.04. The van der Waals surface area contributed by atoms with Gasteiger partial charge in [0.2, 0.25) is 10.0 Å². The van der Waals surface area contributed by atoms with Crippen LogP contribution in [-0.2, 0) is 10.0 Å². The Bertz CT molecular complexity index is 873. The van der Waals surface area contributed by atoms with Gasteiger partial charge in [0.1, 0.15) is 0 Å². The maximum atomic E-state index is 12.8. The van der Waals surface area contributed by atoms with Gasteiger partial charge in [0.15, 0.2) is 0 Å². The van der Waals surface area contributed by atoms with Crippen LogP contribution in [0.1, 0.15) is 37.0 Å². The minimum atomic E-state index is -3.57. The van der Waals surface area contributed by atoms with Crippen molar-refractivity contribution >= 4 is 44.8 Å². The second kappa shape index (κ2) is 9.55. The molecular weight excluding hydrogens is 407 g/mol. The average molecular weight is 429 g/mol. The van der Waals surface area contributed by atoms with Crippen LogP contribution in [0.25, 0.3) is 0 Å². The quantitative estimate of drug-likeness (QED) is 0.638. The van der Waals surface area contributed by atoms with E-state index in [4.69, 9.17) is 23.2 Å². The molecule has 5 nitrogen and oxygen atoms in total. The number of nitrogens with one attached hydrogen (secondary N) is 1. The fraction of sp³-hybridized carbons (Fsp3) is 0.316. The fourth-order valence-corrected chi connectivity index (χ4v) is 4.76. The summed E-state index contributed by atoms with van der Waals surface area (Å²) in [5, 5.41) is 3.51. The Morgan fingerprint density at radius 2 is 1.48 bits per heavy atom. The van der Waals surface area contributed by atoms with E-state index in [0.29, 0.717) is 34.4 Å². The smallest absolute Gasteiger partial charge is 0.255 e. The van der Waals surface area contributed by atoms with Crippen molar-refractivity contribution in [3.63, 3.8) is 0 Å². The molecule has 0 heterocycles. The van der Waals surface area contributed by atoms with E-state index in [-0.39, 0.29) is 10.8 Å². The molecule has 1 amide bonds. The van der Waals surface area contributed by atoms with Gasteiger partial charge < -0.3 is 5.32 Å². The molecule has 2 aromatic rings. The zero-order valence-electron chi connectivity index (χ0n) is 15.2. The average Bonchev–Trinajstić information content (AvgIpc) is 2.60. The molecule has 0 aliphatic carbocycles. The lowest BCUT2D eigenvalue weighted by molar-refractivity contribution is 0.102. The van der Waals surface area contributed by atoms with E-state index in [1.54, 1.807) is 18.2 Å². The number of rotatable bonds is 8. The molecule has 0 saturated heterocycles. The van der Waals surface area contributed by atoms with Gasteiger partial charge in [0.25, 0.3) is 5.91 Å². The van der Waals surface area contributed by atoms with Crippen LogP contribution in [0.5, 0.6) is 0 Å². The molecule has 0 spiro atoms. The predicted octanol–water partition coefficient (Wildman–Crippen LogP) is 5.06. The van der Waals surface area contributed by atoms with Gasteiger partial charge in [0.05, 0.1) is 4.90 Å². The van der Waals surface area contributed by atoms with E-state index < -0.39 is 10.0 Å². The summed E-state index contributed by atoms with van der Waals surface area (Å²) in [7, 11) is -3.57. The van der Waals surface area contributed by atoms with Crippen LogP contribution in [0, 0.1) is 0 Å². The van der Waals surface area contributed by atoms with Gasteiger partial charge in [-0.15, -0.1) is 0 Å². The highest BCUT2D eigenvalue weighted by atomic mass is 35.5. The second-order valence-corrected chi connectivity index (χ2v) is 8.85. The van der Waals surface area contributed by atoms with Crippen molar-refractivity contribution in [1.29, 1.82) is 0 Å². The fourth-order valence-electron chi connectivity index (χ4n) is 2.61. The molecule has 146 valence electrons. The Balaban J connectivity index is 2.19. The largest absolute Gasteiger partial charge is 0.322 e. The molecule has 0 aromatic heterocycles. The molecule has 0 aliphatic rings. The van der Waals surface area contributed by atoms with Crippen LogP contribution in [-0.4, -0.2) is 31.7 Å². The summed E-state index contributed by atoms with van der Waals surface area (Å²) in [5.74, 6) is -0.378. The van der Waals surface area contributed by atoms with E-state index in [1.807, 2.05) is 13.8 Å². The first kappa shape index (κ1) is 21.7. The topological polar surface area (TPSA) is 66.5 Å². The normalized spacial score (nSPS) is 11.6. The van der Waals surface area contributed by atoms with Crippen molar-refractivity contribution in [2.45, 2.75) is 31.6 Å². The first-order chi connectivity index (χ1) is 12.8. The van der Waals surface area contributed by atoms with Crippen molar-refractivity contribution < 1.29 is 13.2 Å². The Labute approximate surface area is 170 Å². The third-order valence-electron chi connectivity index (χ3n) is 3.82. The number of benzene rings is 2. The standard InChI is InChI=1S/C19H22Cl2N2O3S/c1-3-9-23(10-4-2)27(25,26)18-7-5-14(6-8-18)19(24)22-17-12-15(20)11-16(21)13-17/h5-8,11-13H,3-4,9-10H2,1-2H3,(H,22,24). The molecule has 0 aliphatic heterocycles. The van der Waals surface area contributed by atoms with E-state index in [2.05, 4.69) is 5.32 Å². The number of sulfonamides is 1. The lowest BCUT2D eigenvalue weighted by Gasteiger charge is -2.21. The summed E-state index contributed by atoms with van der Waals surface area (Å²) in [5.41, 5.74) is 0.800. The van der Waals surface area contributed by atoms with E-state index >= 15 is 0 Å². The molecular formula is C19H22Cl2N2O3S. The molecule has 0 saturated carbocycles. The minimum absolute atomic E-state index is 0.173. The van der Waals surface area contributed by atoms with Gasteiger partial charge >= 0.3 is 0 Å². The lowest BCUT2D eigenvalue weighted by Crippen LogP contribution is -2.32. The summed E-state index contributed by atoms with van der Waals surface area (Å²) in [6.07, 6.45) is 1.48. The van der Waals surface area contributed by atoms with E-state index in [9.17, 15) is 13.2 Å². The SMILES string of the molecule is CCCN(CCC)S(=O)(=O)c1ccc(C(=O)Nc2cc(Cl)cc(Cl)c2)cc1. The van der Waals surface area contributed by atoms with Crippen molar-refractivity contribution in [2.24, 2.45) is 0 Å². The Morgan fingerprint density at radius 1 is 0.963 bits per heavy atom. The van der Waals surface area contributed by atoms with Gasteiger partial charge in [-0.05, 0) is 55.3 Å². The van der Waals surface area contributed by atoms with Gasteiger partial charge in [0, 0.05) is 34.4 Å². The lowest BCUT2D eigenvalue weighted by atomic mass is 10.2. The van der Waals surface area contributed by atoms with Gasteiger partial charge in [-0.25, -0.2) is 8.42 Å². The Kier molecular flexibility index (Phi) is 7.68. The highest BCUT2D eigenvalue weighted by Crippen LogP contribution is 2.23. The number of carbonyl (C=O) groups is 1. The van der Waals surface area contributed by atoms with E-state index in [0.717, 1.165) is 12.8 Å². The predicted molar refractivity (Wildman–Crippen MR) is 110 cm³/mol. The van der Waals surface area contributed by atoms with E-state index in [1.165, 1.54) is 28.6 Å². The monoisotopic (exact) mass is 428 g/mol. The number of anilines is 1. The van der Waals surface area contributed by atoms with Crippen LogP contribution in [0.2, 0.25) is 10.0 Å². The molecule has 1 N–H and O–H groups in total. The highest BCUT2D eigenvalue weighted by molar-refractivity contribution is 7.89. The first-order valence-corrected chi connectivity index (χ1v) is 10.8. The summed E-state index contributed by atoms with van der Waals surface area (Å²) >= 11 is 11.8. The minimum Gasteiger partial charge on any atom is -0.322 e. The van der Waals surface area contributed by atoms with Crippen molar-refractivity contribution in [3.8, 4) is 0 Å². The first-order valence-electron chi connectivity index (χ1n) is 8.65. The summed E-state index contributed by atoms with van der Waals surface area (Å²) in [6.45, 7) is 4.81. The summed E-state index contributed by atoms with van der Waals surface area (Å²) in [6, 6.07) is 10.6. The van der Waals surface area contributed by atoms with Gasteiger partial charge in [-0.2, -0.15) is 4.31 Å². The molecule has 2 aromatic carbocycles. The maximum Gasteiger partial charge on any atom is 0.255 e. The van der Waals surface area contributed by atoms with Crippen LogP contribution < -0.4 is 5.32 Å². The number of hydrogen-bond donors (Lipinski definition) is 1. The van der Waals surface area contributed by atoms with Crippen molar-refractivity contribution in [2.75, 3.05) is 18.4 Å². The molecule has 27 heavy (non-hydrogen) atoms. The van der Waals surface area contributed by atoms with Crippen molar-refractivity contribution in [1.82, 2.24) is 4.31 Å². The number of hydrogen-bond acceptors (Lipinski definition) is 3. The third-order valence-corrected chi connectivity index (χ3v) is 6.17. The van der Waals surface area contributed by atoms with Gasteiger partial charge in [-0.3, -0.25) is 4.79 Å². The van der Waals surface area contributed by atoms with Crippen molar-refractivity contribution in [3.05, 3.63) is 58.1 Å². The molecule has 0 radical (unpaired) electrons. The summed E-state index contributed by atoms with van der Waals surface area (Å²) < 4.78 is 27.0. The molecule has 0 bridgehead atoms. The third kappa shape index (κ3) is 5.69. The maximum absolute atomic E-state index is 12.8. The zero-order chi connectivity index (χ0) is 20.0. The number of halogens is 2.